The summed E-state index contributed by atoms with van der Waals surface area (Å²) in [7, 11) is 0. The van der Waals surface area contributed by atoms with Gasteiger partial charge in [0.25, 0.3) is 0 Å². The minimum Gasteiger partial charge on any atom is -0.344 e. The Morgan fingerprint density at radius 2 is 1.84 bits per heavy atom. The van der Waals surface area contributed by atoms with E-state index >= 15 is 0 Å². The first-order chi connectivity index (χ1) is 9.10. The van der Waals surface area contributed by atoms with Crippen LogP contribution in [0.5, 0.6) is 0 Å². The van der Waals surface area contributed by atoms with Gasteiger partial charge in [0.1, 0.15) is 6.04 Å². The fraction of sp³-hybridized carbons (Fsp3) is 0.867. The molecule has 2 amide bonds. The van der Waals surface area contributed by atoms with Crippen LogP contribution in [0.4, 0.5) is 0 Å². The number of unbranched alkanes of at least 4 members (excludes halogenated alkanes) is 4. The normalized spacial score (nSPS) is 24.3. The van der Waals surface area contributed by atoms with Crippen LogP contribution in [0.2, 0.25) is 0 Å². The zero-order chi connectivity index (χ0) is 14.3. The number of carbonyl (C=O) groups is 2. The van der Waals surface area contributed by atoms with Crippen molar-refractivity contribution in [1.29, 1.82) is 0 Å². The van der Waals surface area contributed by atoms with Crippen LogP contribution < -0.4 is 5.32 Å². The van der Waals surface area contributed by atoms with Crippen molar-refractivity contribution in [2.45, 2.75) is 77.8 Å². The average molecular weight is 268 g/mol. The second-order valence-corrected chi connectivity index (χ2v) is 5.53. The zero-order valence-electron chi connectivity index (χ0n) is 12.6. The van der Waals surface area contributed by atoms with Crippen LogP contribution in [0.25, 0.3) is 0 Å². The van der Waals surface area contributed by atoms with Crippen molar-refractivity contribution in [3.8, 4) is 0 Å². The lowest BCUT2D eigenvalue weighted by Crippen LogP contribution is -2.46. The predicted octanol–water partition coefficient (Wildman–Crippen LogP) is 2.47. The Morgan fingerprint density at radius 1 is 1.16 bits per heavy atom. The van der Waals surface area contributed by atoms with E-state index in [1.165, 1.54) is 25.7 Å². The maximum atomic E-state index is 12.4. The summed E-state index contributed by atoms with van der Waals surface area (Å²) >= 11 is 0. The smallest absolute Gasteiger partial charge is 0.245 e. The first kappa shape index (κ1) is 16.0. The molecule has 1 N–H and O–H groups in total. The van der Waals surface area contributed by atoms with Crippen LogP contribution in [0, 0.1) is 0 Å². The number of amides is 2. The molecule has 1 aliphatic rings. The predicted molar refractivity (Wildman–Crippen MR) is 76.8 cm³/mol. The molecule has 0 radical (unpaired) electrons. The molecule has 2 atom stereocenters. The summed E-state index contributed by atoms with van der Waals surface area (Å²) in [6.45, 7) is 6.90. The average Bonchev–Trinajstić information content (AvgIpc) is 2.48. The third kappa shape index (κ3) is 4.84. The number of nitrogens with zero attached hydrogens (tertiary/aromatic N) is 1. The number of rotatable bonds is 7. The number of nitrogens with one attached hydrogen (secondary N) is 1. The van der Waals surface area contributed by atoms with Crippen LogP contribution in [0.3, 0.4) is 0 Å². The van der Waals surface area contributed by atoms with Crippen molar-refractivity contribution < 1.29 is 9.59 Å². The summed E-state index contributed by atoms with van der Waals surface area (Å²) in [5.74, 6) is 0.0949. The summed E-state index contributed by atoms with van der Waals surface area (Å²) in [6, 6.07) is -0.302. The fourth-order valence-electron chi connectivity index (χ4n) is 2.60. The highest BCUT2D eigenvalue weighted by Crippen LogP contribution is 2.15. The van der Waals surface area contributed by atoms with Gasteiger partial charge in [0.05, 0.1) is 0 Å². The van der Waals surface area contributed by atoms with Gasteiger partial charge in [-0.15, -0.1) is 0 Å². The Balaban J connectivity index is 2.52. The maximum Gasteiger partial charge on any atom is 0.245 e. The van der Waals surface area contributed by atoms with E-state index in [4.69, 9.17) is 0 Å². The van der Waals surface area contributed by atoms with Gasteiger partial charge < -0.3 is 10.2 Å². The molecule has 2 unspecified atom stereocenters. The van der Waals surface area contributed by atoms with Crippen LogP contribution >= 0.6 is 0 Å². The fourth-order valence-corrected chi connectivity index (χ4v) is 2.60. The van der Waals surface area contributed by atoms with Crippen LogP contribution in [0.15, 0.2) is 0 Å². The second kappa shape index (κ2) is 8.18. The van der Waals surface area contributed by atoms with E-state index in [9.17, 15) is 9.59 Å². The van der Waals surface area contributed by atoms with Gasteiger partial charge in [-0.3, -0.25) is 9.59 Å². The summed E-state index contributed by atoms with van der Waals surface area (Å²) in [5.41, 5.74) is 0. The quantitative estimate of drug-likeness (QED) is 0.721. The minimum atomic E-state index is -0.326. The number of hydrogen-bond donors (Lipinski definition) is 1. The second-order valence-electron chi connectivity index (χ2n) is 5.53. The van der Waals surface area contributed by atoms with E-state index < -0.39 is 0 Å². The lowest BCUT2D eigenvalue weighted by molar-refractivity contribution is -0.135. The molecule has 0 spiro atoms. The SMILES string of the molecule is CCCCCCCN1C(=O)C(CC)NC(=O)CC1C. The Labute approximate surface area is 116 Å². The molecule has 0 bridgehead atoms. The van der Waals surface area contributed by atoms with Crippen molar-refractivity contribution in [2.75, 3.05) is 6.54 Å². The molecule has 0 aromatic heterocycles. The molecule has 0 aromatic rings. The Hall–Kier alpha value is -1.06. The molecule has 0 saturated carbocycles. The van der Waals surface area contributed by atoms with Crippen molar-refractivity contribution in [3.05, 3.63) is 0 Å². The number of carbonyl (C=O) groups excluding carboxylic acids is 2. The van der Waals surface area contributed by atoms with Crippen molar-refractivity contribution in [1.82, 2.24) is 10.2 Å². The molecular formula is C15H28N2O2. The van der Waals surface area contributed by atoms with Crippen LogP contribution in [-0.2, 0) is 9.59 Å². The van der Waals surface area contributed by atoms with E-state index in [-0.39, 0.29) is 23.9 Å². The molecule has 1 saturated heterocycles. The van der Waals surface area contributed by atoms with E-state index in [2.05, 4.69) is 12.2 Å². The van der Waals surface area contributed by atoms with E-state index in [1.807, 2.05) is 18.7 Å². The minimum absolute atomic E-state index is 0.00110. The van der Waals surface area contributed by atoms with E-state index in [0.717, 1.165) is 13.0 Å². The highest BCUT2D eigenvalue weighted by molar-refractivity contribution is 5.90. The molecule has 4 nitrogen and oxygen atoms in total. The van der Waals surface area contributed by atoms with Gasteiger partial charge in [-0.2, -0.15) is 0 Å². The third-order valence-corrected chi connectivity index (χ3v) is 3.84. The zero-order valence-corrected chi connectivity index (χ0v) is 12.6. The topological polar surface area (TPSA) is 49.4 Å². The Kier molecular flexibility index (Phi) is 6.89. The van der Waals surface area contributed by atoms with Gasteiger partial charge in [-0.25, -0.2) is 0 Å². The summed E-state index contributed by atoms with van der Waals surface area (Å²) in [5, 5.41) is 2.82. The van der Waals surface area contributed by atoms with E-state index in [1.54, 1.807) is 0 Å². The van der Waals surface area contributed by atoms with Crippen LogP contribution in [-0.4, -0.2) is 35.3 Å². The lowest BCUT2D eigenvalue weighted by Gasteiger charge is -2.28. The highest BCUT2D eigenvalue weighted by atomic mass is 16.2. The molecular weight excluding hydrogens is 240 g/mol. The van der Waals surface area contributed by atoms with Gasteiger partial charge in [-0.05, 0) is 19.8 Å². The summed E-state index contributed by atoms with van der Waals surface area (Å²) in [4.78, 5) is 25.9. The Morgan fingerprint density at radius 3 is 2.47 bits per heavy atom. The molecule has 1 fully saturated rings. The number of hydrogen-bond acceptors (Lipinski definition) is 2. The van der Waals surface area contributed by atoms with Crippen molar-refractivity contribution >= 4 is 11.8 Å². The molecule has 0 aromatic carbocycles. The summed E-state index contributed by atoms with van der Waals surface area (Å²) in [6.07, 6.45) is 7.04. The molecule has 19 heavy (non-hydrogen) atoms. The largest absolute Gasteiger partial charge is 0.344 e. The Bertz CT molecular complexity index is 305. The van der Waals surface area contributed by atoms with Gasteiger partial charge in [-0.1, -0.05) is 39.5 Å². The molecule has 110 valence electrons. The standard InChI is InChI=1S/C15H28N2O2/c1-4-6-7-8-9-10-17-12(3)11-14(18)16-13(5-2)15(17)19/h12-13H,4-11H2,1-3H3,(H,16,18). The monoisotopic (exact) mass is 268 g/mol. The molecule has 1 rings (SSSR count). The molecule has 1 heterocycles. The highest BCUT2D eigenvalue weighted by Gasteiger charge is 2.32. The van der Waals surface area contributed by atoms with Gasteiger partial charge in [0.2, 0.25) is 11.8 Å². The first-order valence-electron chi connectivity index (χ1n) is 7.70. The van der Waals surface area contributed by atoms with Gasteiger partial charge in [0, 0.05) is 19.0 Å². The molecule has 1 aliphatic heterocycles. The third-order valence-electron chi connectivity index (χ3n) is 3.84. The lowest BCUT2D eigenvalue weighted by atomic mass is 10.1. The molecule has 4 heteroatoms. The van der Waals surface area contributed by atoms with Crippen molar-refractivity contribution in [3.63, 3.8) is 0 Å². The van der Waals surface area contributed by atoms with E-state index in [0.29, 0.717) is 12.8 Å². The van der Waals surface area contributed by atoms with Gasteiger partial charge in [0.15, 0.2) is 0 Å². The van der Waals surface area contributed by atoms with Crippen LogP contribution in [0.1, 0.15) is 65.7 Å². The van der Waals surface area contributed by atoms with Gasteiger partial charge >= 0.3 is 0 Å². The maximum absolute atomic E-state index is 12.4. The van der Waals surface area contributed by atoms with Crippen molar-refractivity contribution in [2.24, 2.45) is 0 Å². The summed E-state index contributed by atoms with van der Waals surface area (Å²) < 4.78 is 0. The molecule has 0 aliphatic carbocycles. The first-order valence-corrected chi connectivity index (χ1v) is 7.70.